The van der Waals surface area contributed by atoms with Crippen LogP contribution in [0.5, 0.6) is 0 Å². The van der Waals surface area contributed by atoms with Crippen molar-refractivity contribution in [2.24, 2.45) is 0 Å². The van der Waals surface area contributed by atoms with E-state index in [4.69, 9.17) is 23.2 Å². The predicted molar refractivity (Wildman–Crippen MR) is 128 cm³/mol. The highest BCUT2D eigenvalue weighted by molar-refractivity contribution is 6.44. The molecule has 182 valence electrons. The van der Waals surface area contributed by atoms with Crippen LogP contribution in [0.25, 0.3) is 11.3 Å². The van der Waals surface area contributed by atoms with Gasteiger partial charge in [-0.1, -0.05) is 0 Å². The van der Waals surface area contributed by atoms with E-state index in [0.29, 0.717) is 42.0 Å². The van der Waals surface area contributed by atoms with Gasteiger partial charge in [-0.25, -0.2) is 4.98 Å². The zero-order chi connectivity index (χ0) is 24.8. The van der Waals surface area contributed by atoms with Crippen molar-refractivity contribution < 1.29 is 14.0 Å². The lowest BCUT2D eigenvalue weighted by molar-refractivity contribution is -0.118. The molecule has 0 aliphatic carbocycles. The van der Waals surface area contributed by atoms with Gasteiger partial charge in [-0.2, -0.15) is 14.6 Å². The third-order valence-electron chi connectivity index (χ3n) is 5.28. The molecule has 3 rings (SSSR count). The molecule has 0 saturated carbocycles. The van der Waals surface area contributed by atoms with E-state index >= 15 is 0 Å². The lowest BCUT2D eigenvalue weighted by Gasteiger charge is -2.19. The monoisotopic (exact) mass is 509 g/mol. The summed E-state index contributed by atoms with van der Waals surface area (Å²) in [6, 6.07) is 3.64. The van der Waals surface area contributed by atoms with E-state index in [1.807, 2.05) is 13.8 Å². The van der Waals surface area contributed by atoms with E-state index in [1.165, 1.54) is 16.9 Å². The summed E-state index contributed by atoms with van der Waals surface area (Å²) in [5, 5.41) is 16.2. The van der Waals surface area contributed by atoms with Crippen LogP contribution in [0.15, 0.2) is 24.4 Å². The highest BCUT2D eigenvalue weighted by Gasteiger charge is 2.24. The highest BCUT2D eigenvalue weighted by atomic mass is 35.5. The lowest BCUT2D eigenvalue weighted by atomic mass is 10.1. The fraction of sp³-hybridized carbons (Fsp3) is 0.409. The van der Waals surface area contributed by atoms with Gasteiger partial charge in [0.1, 0.15) is 16.6 Å². The first kappa shape index (κ1) is 25.6. The Morgan fingerprint density at radius 1 is 1.21 bits per heavy atom. The van der Waals surface area contributed by atoms with Crippen molar-refractivity contribution in [1.82, 2.24) is 30.3 Å². The number of amides is 2. The molecule has 0 fully saturated rings. The van der Waals surface area contributed by atoms with E-state index in [9.17, 15) is 14.0 Å². The second-order valence-electron chi connectivity index (χ2n) is 7.71. The number of hydrogen-bond acceptors (Lipinski definition) is 5. The molecule has 0 saturated heterocycles. The molecule has 0 radical (unpaired) electrons. The van der Waals surface area contributed by atoms with E-state index in [-0.39, 0.29) is 12.1 Å². The molecule has 1 unspecified atom stereocenters. The number of nitrogens with zero attached hydrogens (tertiary/aromatic N) is 4. The number of aromatic nitrogens is 5. The van der Waals surface area contributed by atoms with Gasteiger partial charge in [-0.15, -0.1) is 23.2 Å². The van der Waals surface area contributed by atoms with Crippen LogP contribution in [0.2, 0.25) is 0 Å². The molecule has 2 amide bonds. The Morgan fingerprint density at radius 2 is 1.97 bits per heavy atom. The SMILES string of the molecule is CCn1nccc1C(=O)NC(CCCC(Cl)Cl)C(=O)Nc1ccc(-c2c(C)n[nH]c2C)nc1F. The van der Waals surface area contributed by atoms with Crippen LogP contribution < -0.4 is 10.6 Å². The highest BCUT2D eigenvalue weighted by Crippen LogP contribution is 2.26. The number of anilines is 1. The summed E-state index contributed by atoms with van der Waals surface area (Å²) in [6.07, 6.45) is 2.67. The Hall–Kier alpha value is -2.98. The Labute approximate surface area is 206 Å². The maximum absolute atomic E-state index is 14.8. The van der Waals surface area contributed by atoms with Gasteiger partial charge in [0.25, 0.3) is 5.91 Å². The topological polar surface area (TPSA) is 118 Å². The summed E-state index contributed by atoms with van der Waals surface area (Å²) < 4.78 is 16.3. The Bertz CT molecular complexity index is 1140. The first-order valence-corrected chi connectivity index (χ1v) is 11.7. The quantitative estimate of drug-likeness (QED) is 0.280. The van der Waals surface area contributed by atoms with Crippen LogP contribution in [0, 0.1) is 19.8 Å². The number of hydrogen-bond donors (Lipinski definition) is 3. The molecule has 12 heteroatoms. The molecule has 0 aromatic carbocycles. The van der Waals surface area contributed by atoms with Crippen molar-refractivity contribution in [1.29, 1.82) is 0 Å². The van der Waals surface area contributed by atoms with Crippen molar-refractivity contribution in [2.75, 3.05) is 5.32 Å². The number of H-pyrrole nitrogens is 1. The number of carbonyl (C=O) groups excluding carboxylic acids is 2. The second kappa shape index (κ2) is 11.4. The maximum Gasteiger partial charge on any atom is 0.270 e. The van der Waals surface area contributed by atoms with Crippen LogP contribution in [0.3, 0.4) is 0 Å². The Kier molecular flexibility index (Phi) is 8.62. The van der Waals surface area contributed by atoms with Crippen LogP contribution in [-0.4, -0.2) is 47.7 Å². The zero-order valence-electron chi connectivity index (χ0n) is 19.0. The number of nitrogens with one attached hydrogen (secondary N) is 3. The summed E-state index contributed by atoms with van der Waals surface area (Å²) in [4.78, 5) is 29.1. The Balaban J connectivity index is 1.77. The van der Waals surface area contributed by atoms with Gasteiger partial charge in [0, 0.05) is 24.0 Å². The minimum absolute atomic E-state index is 0.0991. The largest absolute Gasteiger partial charge is 0.339 e. The molecule has 34 heavy (non-hydrogen) atoms. The molecule has 3 aromatic heterocycles. The van der Waals surface area contributed by atoms with Gasteiger partial charge in [0.15, 0.2) is 0 Å². The molecule has 9 nitrogen and oxygen atoms in total. The summed E-state index contributed by atoms with van der Waals surface area (Å²) in [5.41, 5.74) is 2.76. The summed E-state index contributed by atoms with van der Waals surface area (Å²) in [6.45, 7) is 5.94. The smallest absolute Gasteiger partial charge is 0.270 e. The molecular weight excluding hydrogens is 484 g/mol. The number of halogens is 3. The third-order valence-corrected chi connectivity index (χ3v) is 5.71. The van der Waals surface area contributed by atoms with Gasteiger partial charge in [-0.3, -0.25) is 19.4 Å². The first-order valence-electron chi connectivity index (χ1n) is 10.8. The third kappa shape index (κ3) is 6.12. The van der Waals surface area contributed by atoms with Crippen molar-refractivity contribution in [3.8, 4) is 11.3 Å². The Morgan fingerprint density at radius 3 is 2.59 bits per heavy atom. The average Bonchev–Trinajstić information content (AvgIpc) is 3.40. The minimum Gasteiger partial charge on any atom is -0.339 e. The normalized spacial score (nSPS) is 12.1. The van der Waals surface area contributed by atoms with Gasteiger partial charge in [0.05, 0.1) is 17.1 Å². The second-order valence-corrected chi connectivity index (χ2v) is 8.99. The van der Waals surface area contributed by atoms with E-state index in [1.54, 1.807) is 19.1 Å². The van der Waals surface area contributed by atoms with E-state index in [2.05, 4.69) is 30.9 Å². The van der Waals surface area contributed by atoms with Crippen LogP contribution in [0.1, 0.15) is 48.1 Å². The van der Waals surface area contributed by atoms with Gasteiger partial charge < -0.3 is 10.6 Å². The van der Waals surface area contributed by atoms with Gasteiger partial charge in [-0.05, 0) is 58.2 Å². The molecule has 0 aliphatic rings. The van der Waals surface area contributed by atoms with Crippen molar-refractivity contribution in [3.63, 3.8) is 0 Å². The number of alkyl halides is 2. The number of aryl methyl sites for hydroxylation is 3. The molecule has 0 aliphatic heterocycles. The molecular formula is C22H26Cl2FN7O2. The number of carbonyl (C=O) groups is 2. The van der Waals surface area contributed by atoms with E-state index in [0.717, 1.165) is 5.69 Å². The van der Waals surface area contributed by atoms with Crippen molar-refractivity contribution >= 4 is 40.7 Å². The molecule has 3 aromatic rings. The molecule has 3 N–H and O–H groups in total. The fourth-order valence-electron chi connectivity index (χ4n) is 3.57. The zero-order valence-corrected chi connectivity index (χ0v) is 20.5. The predicted octanol–water partition coefficient (Wildman–Crippen LogP) is 4.16. The summed E-state index contributed by atoms with van der Waals surface area (Å²) in [5.74, 6) is -1.89. The summed E-state index contributed by atoms with van der Waals surface area (Å²) >= 11 is 11.6. The van der Waals surface area contributed by atoms with Gasteiger partial charge >= 0.3 is 0 Å². The van der Waals surface area contributed by atoms with Crippen LogP contribution in [-0.2, 0) is 11.3 Å². The van der Waals surface area contributed by atoms with Crippen molar-refractivity contribution in [2.45, 2.75) is 57.5 Å². The molecule has 1 atom stereocenters. The summed E-state index contributed by atoms with van der Waals surface area (Å²) in [7, 11) is 0. The standard InChI is InChI=1S/C22H26Cl2FN7O2/c1-4-32-17(10-11-26-32)22(34)29-16(6-5-7-18(23)24)21(33)28-15-9-8-14(27-20(15)25)19-12(2)30-31-13(19)3/h8-11,16,18H,4-7H2,1-3H3,(H,28,33)(H,29,34)(H,30,31). The molecule has 3 heterocycles. The van der Waals surface area contributed by atoms with Crippen LogP contribution in [0.4, 0.5) is 10.1 Å². The van der Waals surface area contributed by atoms with Crippen molar-refractivity contribution in [3.05, 3.63) is 47.4 Å². The van der Waals surface area contributed by atoms with E-state index < -0.39 is 28.6 Å². The maximum atomic E-state index is 14.8. The first-order chi connectivity index (χ1) is 16.2. The number of aromatic amines is 1. The minimum atomic E-state index is -0.947. The molecule has 0 spiro atoms. The fourth-order valence-corrected chi connectivity index (χ4v) is 3.88. The average molecular weight is 510 g/mol. The van der Waals surface area contributed by atoms with Gasteiger partial charge in [0.2, 0.25) is 11.9 Å². The lowest BCUT2D eigenvalue weighted by Crippen LogP contribution is -2.44. The number of pyridine rings is 1. The van der Waals surface area contributed by atoms with Crippen LogP contribution >= 0.6 is 23.2 Å². The molecule has 0 bridgehead atoms. The number of rotatable bonds is 10.